The smallest absolute Gasteiger partial charge is 0.322 e. The summed E-state index contributed by atoms with van der Waals surface area (Å²) >= 11 is 0. The van der Waals surface area contributed by atoms with E-state index in [0.29, 0.717) is 18.1 Å². The Bertz CT molecular complexity index is 788. The Morgan fingerprint density at radius 2 is 2.00 bits per heavy atom. The van der Waals surface area contributed by atoms with Gasteiger partial charge in [-0.2, -0.15) is 5.10 Å². The molecule has 7 nitrogen and oxygen atoms in total. The third-order valence-corrected chi connectivity index (χ3v) is 3.19. The number of carbonyl (C=O) groups is 1. The number of hydrogen-bond donors (Lipinski definition) is 1. The predicted octanol–water partition coefficient (Wildman–Crippen LogP) is 2.51. The van der Waals surface area contributed by atoms with Crippen molar-refractivity contribution < 1.29 is 9.21 Å². The van der Waals surface area contributed by atoms with Crippen molar-refractivity contribution in [3.8, 4) is 11.5 Å². The van der Waals surface area contributed by atoms with Gasteiger partial charge in [0.05, 0.1) is 0 Å². The van der Waals surface area contributed by atoms with Gasteiger partial charge in [-0.05, 0) is 32.0 Å². The summed E-state index contributed by atoms with van der Waals surface area (Å²) in [7, 11) is 0. The molecule has 0 aliphatic carbocycles. The van der Waals surface area contributed by atoms with Crippen LogP contribution in [0.1, 0.15) is 23.0 Å². The molecule has 0 unspecified atom stereocenters. The van der Waals surface area contributed by atoms with E-state index in [1.54, 1.807) is 16.9 Å². The average molecular weight is 297 g/mol. The molecule has 3 aromatic rings. The van der Waals surface area contributed by atoms with Gasteiger partial charge in [0.15, 0.2) is 0 Å². The fraction of sp³-hybridized carbons (Fsp3) is 0.200. The number of hydrogen-bond acceptors (Lipinski definition) is 5. The average Bonchev–Trinajstić information content (AvgIpc) is 3.16. The van der Waals surface area contributed by atoms with Gasteiger partial charge in [-0.3, -0.25) is 14.8 Å². The summed E-state index contributed by atoms with van der Waals surface area (Å²) < 4.78 is 7.06. The van der Waals surface area contributed by atoms with Crippen molar-refractivity contribution in [1.29, 1.82) is 0 Å². The molecule has 0 aliphatic rings. The topological polar surface area (TPSA) is 85.8 Å². The number of nitrogens with one attached hydrogen (secondary N) is 1. The van der Waals surface area contributed by atoms with Crippen LogP contribution in [0.4, 0.5) is 6.01 Å². The molecule has 0 saturated heterocycles. The molecule has 112 valence electrons. The number of aryl methyl sites for hydroxylation is 2. The number of anilines is 1. The molecular weight excluding hydrogens is 282 g/mol. The van der Waals surface area contributed by atoms with Crippen molar-refractivity contribution in [2.24, 2.45) is 0 Å². The highest BCUT2D eigenvalue weighted by atomic mass is 16.4. The standard InChI is InChI=1S/C15H15N5O2/c1-3-20-12(8-9-16-20)13(21)17-15-19-18-14(22-15)11-6-4-10(2)5-7-11/h4-9H,3H2,1-2H3,(H,17,19,21). The van der Waals surface area contributed by atoms with Gasteiger partial charge in [-0.15, -0.1) is 5.10 Å². The molecule has 0 atom stereocenters. The monoisotopic (exact) mass is 297 g/mol. The summed E-state index contributed by atoms with van der Waals surface area (Å²) in [4.78, 5) is 12.1. The van der Waals surface area contributed by atoms with Gasteiger partial charge in [0.25, 0.3) is 5.91 Å². The first-order valence-electron chi connectivity index (χ1n) is 6.91. The minimum atomic E-state index is -0.335. The highest BCUT2D eigenvalue weighted by molar-refractivity contribution is 6.01. The van der Waals surface area contributed by atoms with E-state index >= 15 is 0 Å². The van der Waals surface area contributed by atoms with E-state index < -0.39 is 0 Å². The molecule has 1 aromatic carbocycles. The molecule has 1 N–H and O–H groups in total. The minimum absolute atomic E-state index is 0.0597. The maximum absolute atomic E-state index is 12.1. The molecule has 0 radical (unpaired) electrons. The Balaban J connectivity index is 1.77. The molecule has 0 bridgehead atoms. The highest BCUT2D eigenvalue weighted by Gasteiger charge is 2.15. The molecule has 0 saturated carbocycles. The van der Waals surface area contributed by atoms with E-state index in [0.717, 1.165) is 11.1 Å². The molecule has 3 rings (SSSR count). The van der Waals surface area contributed by atoms with Crippen LogP contribution in [0, 0.1) is 6.92 Å². The van der Waals surface area contributed by atoms with Crippen LogP contribution >= 0.6 is 0 Å². The molecule has 2 aromatic heterocycles. The van der Waals surface area contributed by atoms with E-state index in [9.17, 15) is 4.79 Å². The fourth-order valence-electron chi connectivity index (χ4n) is 2.03. The van der Waals surface area contributed by atoms with Crippen molar-refractivity contribution in [3.63, 3.8) is 0 Å². The second-order valence-electron chi connectivity index (χ2n) is 4.76. The lowest BCUT2D eigenvalue weighted by Gasteiger charge is -2.02. The third-order valence-electron chi connectivity index (χ3n) is 3.19. The number of rotatable bonds is 4. The van der Waals surface area contributed by atoms with Crippen LogP contribution in [-0.4, -0.2) is 25.9 Å². The third kappa shape index (κ3) is 2.73. The van der Waals surface area contributed by atoms with Crippen LogP contribution in [0.2, 0.25) is 0 Å². The van der Waals surface area contributed by atoms with Crippen LogP contribution < -0.4 is 5.32 Å². The first-order valence-corrected chi connectivity index (χ1v) is 6.91. The maximum atomic E-state index is 12.1. The maximum Gasteiger partial charge on any atom is 0.322 e. The molecule has 22 heavy (non-hydrogen) atoms. The Labute approximate surface area is 127 Å². The molecule has 0 aliphatic heterocycles. The van der Waals surface area contributed by atoms with Crippen molar-refractivity contribution in [2.75, 3.05) is 5.32 Å². The number of carbonyl (C=O) groups excluding carboxylic acids is 1. The molecule has 7 heteroatoms. The van der Waals surface area contributed by atoms with E-state index in [1.807, 2.05) is 38.1 Å². The Hall–Kier alpha value is -2.96. The van der Waals surface area contributed by atoms with Gasteiger partial charge in [0.2, 0.25) is 5.89 Å². The number of nitrogens with zero attached hydrogens (tertiary/aromatic N) is 4. The molecular formula is C15H15N5O2. The molecule has 0 fully saturated rings. The van der Waals surface area contributed by atoms with E-state index in [-0.39, 0.29) is 11.9 Å². The minimum Gasteiger partial charge on any atom is -0.403 e. The number of amides is 1. The van der Waals surface area contributed by atoms with Gasteiger partial charge >= 0.3 is 6.01 Å². The summed E-state index contributed by atoms with van der Waals surface area (Å²) in [5.74, 6) is 0.0257. The van der Waals surface area contributed by atoms with Gasteiger partial charge in [-0.25, -0.2) is 0 Å². The van der Waals surface area contributed by atoms with Gasteiger partial charge < -0.3 is 4.42 Å². The highest BCUT2D eigenvalue weighted by Crippen LogP contribution is 2.20. The van der Waals surface area contributed by atoms with E-state index in [1.165, 1.54) is 0 Å². The Morgan fingerprint density at radius 3 is 2.73 bits per heavy atom. The number of benzene rings is 1. The molecule has 2 heterocycles. The van der Waals surface area contributed by atoms with Gasteiger partial charge in [-0.1, -0.05) is 22.8 Å². The van der Waals surface area contributed by atoms with E-state index in [4.69, 9.17) is 4.42 Å². The van der Waals surface area contributed by atoms with Crippen LogP contribution in [-0.2, 0) is 6.54 Å². The van der Waals surface area contributed by atoms with Crippen molar-refractivity contribution in [1.82, 2.24) is 20.0 Å². The first kappa shape index (κ1) is 14.0. The summed E-state index contributed by atoms with van der Waals surface area (Å²) in [5, 5.41) is 14.4. The summed E-state index contributed by atoms with van der Waals surface area (Å²) in [6, 6.07) is 9.39. The van der Waals surface area contributed by atoms with Crippen molar-refractivity contribution in [2.45, 2.75) is 20.4 Å². The zero-order valence-electron chi connectivity index (χ0n) is 12.3. The largest absolute Gasteiger partial charge is 0.403 e. The van der Waals surface area contributed by atoms with Crippen molar-refractivity contribution >= 4 is 11.9 Å². The number of aromatic nitrogens is 4. The zero-order valence-corrected chi connectivity index (χ0v) is 12.3. The fourth-order valence-corrected chi connectivity index (χ4v) is 2.03. The summed E-state index contributed by atoms with van der Waals surface area (Å²) in [6.07, 6.45) is 1.57. The lowest BCUT2D eigenvalue weighted by molar-refractivity contribution is 0.101. The van der Waals surface area contributed by atoms with Gasteiger partial charge in [0.1, 0.15) is 5.69 Å². The van der Waals surface area contributed by atoms with Crippen LogP contribution in [0.15, 0.2) is 40.9 Å². The quantitative estimate of drug-likeness (QED) is 0.799. The van der Waals surface area contributed by atoms with Crippen LogP contribution in [0.3, 0.4) is 0 Å². The Kier molecular flexibility index (Phi) is 3.69. The molecule has 0 spiro atoms. The lowest BCUT2D eigenvalue weighted by Crippen LogP contribution is -2.17. The second kappa shape index (κ2) is 5.80. The SMILES string of the molecule is CCn1nccc1C(=O)Nc1nnc(-c2ccc(C)cc2)o1. The first-order chi connectivity index (χ1) is 10.7. The van der Waals surface area contributed by atoms with Gasteiger partial charge in [0, 0.05) is 18.3 Å². The predicted molar refractivity (Wildman–Crippen MR) is 80.3 cm³/mol. The lowest BCUT2D eigenvalue weighted by atomic mass is 10.1. The van der Waals surface area contributed by atoms with E-state index in [2.05, 4.69) is 20.6 Å². The summed E-state index contributed by atoms with van der Waals surface area (Å²) in [5.41, 5.74) is 2.39. The zero-order chi connectivity index (χ0) is 15.5. The Morgan fingerprint density at radius 1 is 1.23 bits per heavy atom. The normalized spacial score (nSPS) is 10.6. The molecule has 1 amide bonds. The summed E-state index contributed by atoms with van der Waals surface area (Å²) in [6.45, 7) is 4.51. The van der Waals surface area contributed by atoms with Crippen molar-refractivity contribution in [3.05, 3.63) is 47.8 Å². The second-order valence-corrected chi connectivity index (χ2v) is 4.76. The van der Waals surface area contributed by atoms with Crippen LogP contribution in [0.25, 0.3) is 11.5 Å². The van der Waals surface area contributed by atoms with Crippen LogP contribution in [0.5, 0.6) is 0 Å².